The van der Waals surface area contributed by atoms with Gasteiger partial charge in [0.1, 0.15) is 0 Å². The molecule has 0 amide bonds. The van der Waals surface area contributed by atoms with Crippen molar-refractivity contribution in [1.82, 2.24) is 10.3 Å². The number of oxazole rings is 1. The number of H-pyrrole nitrogens is 1. The molecule has 1 aliphatic heterocycles. The van der Waals surface area contributed by atoms with Gasteiger partial charge in [-0.15, -0.1) is 0 Å². The summed E-state index contributed by atoms with van der Waals surface area (Å²) in [7, 11) is 0. The molecular formula is C11H12N3OS. The zero-order chi connectivity index (χ0) is 11.0. The highest BCUT2D eigenvalue weighted by Gasteiger charge is 2.15. The van der Waals surface area contributed by atoms with E-state index in [1.807, 2.05) is 12.1 Å². The van der Waals surface area contributed by atoms with Crippen LogP contribution in [0.4, 0.5) is 5.69 Å². The SMILES string of the molecule is S=c1[nH]c2cccc(N3CC[N]CC3)c2o1. The smallest absolute Gasteiger partial charge is 0.266 e. The summed E-state index contributed by atoms with van der Waals surface area (Å²) < 4.78 is 5.54. The first-order chi connectivity index (χ1) is 7.84. The van der Waals surface area contributed by atoms with Crippen LogP contribution in [0.15, 0.2) is 22.6 Å². The number of piperazine rings is 1. The fraction of sp³-hybridized carbons (Fsp3) is 0.364. The highest BCUT2D eigenvalue weighted by atomic mass is 32.1. The Morgan fingerprint density at radius 1 is 1.31 bits per heavy atom. The van der Waals surface area contributed by atoms with Crippen LogP contribution in [0.5, 0.6) is 0 Å². The Bertz CT molecular complexity index is 554. The molecule has 2 heterocycles. The molecule has 0 spiro atoms. The second kappa shape index (κ2) is 3.92. The molecule has 5 heteroatoms. The topological polar surface area (TPSA) is 46.3 Å². The predicted molar refractivity (Wildman–Crippen MR) is 65.5 cm³/mol. The fourth-order valence-electron chi connectivity index (χ4n) is 2.06. The van der Waals surface area contributed by atoms with Gasteiger partial charge in [-0.1, -0.05) is 6.07 Å². The van der Waals surface area contributed by atoms with Gasteiger partial charge in [-0.05, 0) is 24.4 Å². The van der Waals surface area contributed by atoms with Crippen LogP contribution in [-0.4, -0.2) is 31.2 Å². The first-order valence-corrected chi connectivity index (χ1v) is 5.75. The number of nitrogens with one attached hydrogen (secondary N) is 1. The van der Waals surface area contributed by atoms with Gasteiger partial charge in [-0.25, -0.2) is 5.32 Å². The Balaban J connectivity index is 2.11. The standard InChI is InChI=1S/C11H12N3OS/c16-11-13-8-2-1-3-9(10(8)15-11)14-6-4-12-5-7-14/h1-3H,4-7H2,(H,13,16). The van der Waals surface area contributed by atoms with Crippen molar-refractivity contribution in [3.63, 3.8) is 0 Å². The maximum absolute atomic E-state index is 5.54. The maximum atomic E-state index is 5.54. The largest absolute Gasteiger partial charge is 0.427 e. The normalized spacial score (nSPS) is 16.9. The first-order valence-electron chi connectivity index (χ1n) is 5.34. The van der Waals surface area contributed by atoms with Gasteiger partial charge >= 0.3 is 0 Å². The Morgan fingerprint density at radius 2 is 2.12 bits per heavy atom. The van der Waals surface area contributed by atoms with Crippen molar-refractivity contribution in [2.75, 3.05) is 31.1 Å². The number of anilines is 1. The minimum absolute atomic E-state index is 0.434. The molecule has 1 radical (unpaired) electrons. The van der Waals surface area contributed by atoms with E-state index in [1.54, 1.807) is 0 Å². The number of benzene rings is 1. The van der Waals surface area contributed by atoms with Crippen molar-refractivity contribution in [2.45, 2.75) is 0 Å². The van der Waals surface area contributed by atoms with Crippen molar-refractivity contribution in [2.24, 2.45) is 0 Å². The van der Waals surface area contributed by atoms with E-state index in [2.05, 4.69) is 21.3 Å². The number of para-hydroxylation sites is 1. The molecule has 4 nitrogen and oxygen atoms in total. The van der Waals surface area contributed by atoms with Gasteiger partial charge in [-0.3, -0.25) is 0 Å². The molecule has 0 saturated carbocycles. The fourth-order valence-corrected chi connectivity index (χ4v) is 2.25. The van der Waals surface area contributed by atoms with E-state index in [0.29, 0.717) is 4.84 Å². The van der Waals surface area contributed by atoms with Crippen LogP contribution < -0.4 is 10.2 Å². The average Bonchev–Trinajstić information content (AvgIpc) is 2.70. The number of fused-ring (bicyclic) bond motifs is 1. The van der Waals surface area contributed by atoms with Crippen molar-refractivity contribution in [1.29, 1.82) is 0 Å². The van der Waals surface area contributed by atoms with Crippen LogP contribution >= 0.6 is 12.2 Å². The summed E-state index contributed by atoms with van der Waals surface area (Å²) >= 11 is 5.01. The second-order valence-corrected chi connectivity index (χ2v) is 4.20. The molecule has 1 fully saturated rings. The summed E-state index contributed by atoms with van der Waals surface area (Å²) in [5.41, 5.74) is 2.93. The van der Waals surface area contributed by atoms with Crippen molar-refractivity contribution >= 4 is 29.0 Å². The summed E-state index contributed by atoms with van der Waals surface area (Å²) in [5.74, 6) is 0. The number of aromatic nitrogens is 1. The average molecular weight is 234 g/mol. The molecule has 1 aliphatic rings. The van der Waals surface area contributed by atoms with E-state index in [0.717, 1.165) is 43.0 Å². The monoisotopic (exact) mass is 234 g/mol. The van der Waals surface area contributed by atoms with Gasteiger partial charge in [0.15, 0.2) is 5.58 Å². The molecule has 1 aromatic carbocycles. The molecule has 3 rings (SSSR count). The Morgan fingerprint density at radius 3 is 2.94 bits per heavy atom. The number of nitrogens with zero attached hydrogens (tertiary/aromatic N) is 2. The molecule has 16 heavy (non-hydrogen) atoms. The van der Waals surface area contributed by atoms with Gasteiger partial charge in [0.25, 0.3) is 4.84 Å². The van der Waals surface area contributed by atoms with E-state index in [4.69, 9.17) is 16.6 Å². The molecule has 2 aromatic rings. The van der Waals surface area contributed by atoms with Gasteiger partial charge in [0.2, 0.25) is 0 Å². The molecule has 1 aromatic heterocycles. The minimum atomic E-state index is 0.434. The summed E-state index contributed by atoms with van der Waals surface area (Å²) in [6.45, 7) is 3.68. The van der Waals surface area contributed by atoms with Gasteiger partial charge in [-0.2, -0.15) is 0 Å². The molecule has 0 atom stereocenters. The molecular weight excluding hydrogens is 222 g/mol. The van der Waals surface area contributed by atoms with Gasteiger partial charge in [0.05, 0.1) is 11.2 Å². The molecule has 0 aliphatic carbocycles. The third-order valence-electron chi connectivity index (χ3n) is 2.82. The van der Waals surface area contributed by atoms with Crippen LogP contribution in [0.2, 0.25) is 0 Å². The maximum Gasteiger partial charge on any atom is 0.266 e. The third kappa shape index (κ3) is 1.62. The van der Waals surface area contributed by atoms with E-state index >= 15 is 0 Å². The lowest BCUT2D eigenvalue weighted by Crippen LogP contribution is -2.40. The zero-order valence-electron chi connectivity index (χ0n) is 8.77. The molecule has 0 unspecified atom stereocenters. The molecule has 0 bridgehead atoms. The van der Waals surface area contributed by atoms with Crippen LogP contribution in [0.3, 0.4) is 0 Å². The van der Waals surface area contributed by atoms with Crippen molar-refractivity contribution in [3.8, 4) is 0 Å². The highest BCUT2D eigenvalue weighted by molar-refractivity contribution is 7.71. The van der Waals surface area contributed by atoms with Crippen LogP contribution in [0, 0.1) is 4.84 Å². The lowest BCUT2D eigenvalue weighted by molar-refractivity contribution is 0.563. The predicted octanol–water partition coefficient (Wildman–Crippen LogP) is 1.91. The lowest BCUT2D eigenvalue weighted by atomic mass is 10.2. The molecule has 83 valence electrons. The Hall–Kier alpha value is -1.33. The van der Waals surface area contributed by atoms with Crippen LogP contribution in [-0.2, 0) is 0 Å². The molecule has 1 saturated heterocycles. The quantitative estimate of drug-likeness (QED) is 0.767. The minimum Gasteiger partial charge on any atom is -0.427 e. The van der Waals surface area contributed by atoms with E-state index in [1.165, 1.54) is 0 Å². The number of aromatic amines is 1. The second-order valence-electron chi connectivity index (χ2n) is 3.83. The summed E-state index contributed by atoms with van der Waals surface area (Å²) in [6, 6.07) is 6.07. The summed E-state index contributed by atoms with van der Waals surface area (Å²) in [5, 5.41) is 4.34. The van der Waals surface area contributed by atoms with E-state index in [9.17, 15) is 0 Å². The van der Waals surface area contributed by atoms with Crippen molar-refractivity contribution in [3.05, 3.63) is 23.0 Å². The van der Waals surface area contributed by atoms with Gasteiger partial charge < -0.3 is 14.3 Å². The highest BCUT2D eigenvalue weighted by Crippen LogP contribution is 2.26. The summed E-state index contributed by atoms with van der Waals surface area (Å²) in [4.78, 5) is 5.76. The van der Waals surface area contributed by atoms with E-state index in [-0.39, 0.29) is 0 Å². The number of rotatable bonds is 1. The van der Waals surface area contributed by atoms with E-state index < -0.39 is 0 Å². The first kappa shape index (κ1) is 9.86. The molecule has 1 N–H and O–H groups in total. The lowest BCUT2D eigenvalue weighted by Gasteiger charge is -2.28. The van der Waals surface area contributed by atoms with Crippen molar-refractivity contribution < 1.29 is 4.42 Å². The zero-order valence-corrected chi connectivity index (χ0v) is 9.59. The summed E-state index contributed by atoms with van der Waals surface area (Å²) in [6.07, 6.45) is 0. The number of hydrogen-bond acceptors (Lipinski definition) is 3. The van der Waals surface area contributed by atoms with Crippen LogP contribution in [0.1, 0.15) is 0 Å². The number of hydrogen-bond donors (Lipinski definition) is 1. The van der Waals surface area contributed by atoms with Gasteiger partial charge in [0, 0.05) is 26.2 Å². The Labute approximate surface area is 98.2 Å². The van der Waals surface area contributed by atoms with Crippen LogP contribution in [0.25, 0.3) is 11.1 Å². The Kier molecular flexibility index (Phi) is 2.41. The third-order valence-corrected chi connectivity index (χ3v) is 3.01.